The first-order valence-corrected chi connectivity index (χ1v) is 6.91. The third-order valence-electron chi connectivity index (χ3n) is 3.23. The first-order chi connectivity index (χ1) is 9.99. The molecular formula is C16H16ClNO3. The van der Waals surface area contributed by atoms with E-state index in [0.717, 1.165) is 11.1 Å². The molecule has 5 heteroatoms. The van der Waals surface area contributed by atoms with Crippen LogP contribution in [0.15, 0.2) is 36.4 Å². The zero-order valence-electron chi connectivity index (χ0n) is 11.6. The predicted molar refractivity (Wildman–Crippen MR) is 82.0 cm³/mol. The summed E-state index contributed by atoms with van der Waals surface area (Å²) >= 11 is 5.96. The normalized spacial score (nSPS) is 10.4. The van der Waals surface area contributed by atoms with Gasteiger partial charge in [0.15, 0.2) is 11.5 Å². The Morgan fingerprint density at radius 3 is 2.57 bits per heavy atom. The molecule has 0 radical (unpaired) electrons. The van der Waals surface area contributed by atoms with Crippen LogP contribution in [0.2, 0.25) is 5.02 Å². The summed E-state index contributed by atoms with van der Waals surface area (Å²) < 4.78 is 0. The van der Waals surface area contributed by atoms with Gasteiger partial charge in [0.05, 0.1) is 10.6 Å². The van der Waals surface area contributed by atoms with E-state index in [9.17, 15) is 15.0 Å². The lowest BCUT2D eigenvalue weighted by Crippen LogP contribution is -2.26. The Morgan fingerprint density at radius 2 is 1.86 bits per heavy atom. The number of carbonyl (C=O) groups excluding carboxylic acids is 1. The summed E-state index contributed by atoms with van der Waals surface area (Å²) in [5, 5.41) is 22.1. The summed E-state index contributed by atoms with van der Waals surface area (Å²) in [4.78, 5) is 12.0. The topological polar surface area (TPSA) is 69.6 Å². The molecule has 3 N–H and O–H groups in total. The van der Waals surface area contributed by atoms with E-state index in [4.69, 9.17) is 11.6 Å². The van der Waals surface area contributed by atoms with Crippen molar-refractivity contribution in [3.05, 3.63) is 58.1 Å². The molecule has 0 aliphatic heterocycles. The molecule has 0 bridgehead atoms. The van der Waals surface area contributed by atoms with Crippen LogP contribution in [0.5, 0.6) is 11.5 Å². The molecule has 0 saturated heterocycles. The number of phenols is 2. The first kappa shape index (κ1) is 15.2. The molecule has 0 atom stereocenters. The highest BCUT2D eigenvalue weighted by molar-refractivity contribution is 6.33. The Balaban J connectivity index is 1.97. The first-order valence-electron chi connectivity index (χ1n) is 6.53. The summed E-state index contributed by atoms with van der Waals surface area (Å²) in [6.45, 7) is 2.25. The van der Waals surface area contributed by atoms with Crippen molar-refractivity contribution in [1.82, 2.24) is 5.32 Å². The van der Waals surface area contributed by atoms with Gasteiger partial charge in [-0.05, 0) is 48.7 Å². The van der Waals surface area contributed by atoms with E-state index in [1.165, 1.54) is 12.1 Å². The third kappa shape index (κ3) is 3.67. The molecule has 0 saturated carbocycles. The van der Waals surface area contributed by atoms with Crippen molar-refractivity contribution in [2.75, 3.05) is 6.54 Å². The van der Waals surface area contributed by atoms with Gasteiger partial charge in [-0.15, -0.1) is 0 Å². The van der Waals surface area contributed by atoms with Crippen molar-refractivity contribution in [2.24, 2.45) is 0 Å². The van der Waals surface area contributed by atoms with Crippen LogP contribution in [0.4, 0.5) is 0 Å². The lowest BCUT2D eigenvalue weighted by Gasteiger charge is -2.10. The molecule has 2 rings (SSSR count). The second-order valence-electron chi connectivity index (χ2n) is 4.75. The number of halogens is 1. The van der Waals surface area contributed by atoms with Gasteiger partial charge in [-0.1, -0.05) is 23.7 Å². The van der Waals surface area contributed by atoms with E-state index in [-0.39, 0.29) is 17.4 Å². The molecule has 4 nitrogen and oxygen atoms in total. The molecule has 0 aliphatic carbocycles. The smallest absolute Gasteiger partial charge is 0.252 e. The fraction of sp³-hybridized carbons (Fsp3) is 0.188. The molecule has 2 aromatic rings. The minimum Gasteiger partial charge on any atom is -0.504 e. The Kier molecular flexibility index (Phi) is 4.70. The lowest BCUT2D eigenvalue weighted by atomic mass is 10.0. The molecule has 0 unspecified atom stereocenters. The minimum absolute atomic E-state index is 0.142. The highest BCUT2D eigenvalue weighted by Crippen LogP contribution is 2.28. The maximum absolute atomic E-state index is 12.0. The van der Waals surface area contributed by atoms with E-state index in [2.05, 4.69) is 5.32 Å². The quantitative estimate of drug-likeness (QED) is 0.760. The number of aromatic hydroxyl groups is 2. The number of amides is 1. The zero-order chi connectivity index (χ0) is 15.4. The lowest BCUT2D eigenvalue weighted by molar-refractivity contribution is 0.0954. The Labute approximate surface area is 128 Å². The van der Waals surface area contributed by atoms with Crippen LogP contribution in [0.1, 0.15) is 21.5 Å². The van der Waals surface area contributed by atoms with Gasteiger partial charge < -0.3 is 15.5 Å². The molecule has 21 heavy (non-hydrogen) atoms. The van der Waals surface area contributed by atoms with Crippen LogP contribution in [0.3, 0.4) is 0 Å². The van der Waals surface area contributed by atoms with Gasteiger partial charge in [0.2, 0.25) is 0 Å². The van der Waals surface area contributed by atoms with Gasteiger partial charge in [-0.2, -0.15) is 0 Å². The van der Waals surface area contributed by atoms with Crippen molar-refractivity contribution in [2.45, 2.75) is 13.3 Å². The van der Waals surface area contributed by atoms with Crippen molar-refractivity contribution in [3.8, 4) is 11.5 Å². The molecular weight excluding hydrogens is 290 g/mol. The number of aryl methyl sites for hydroxylation is 1. The van der Waals surface area contributed by atoms with Gasteiger partial charge >= 0.3 is 0 Å². The van der Waals surface area contributed by atoms with Gasteiger partial charge in [0, 0.05) is 6.54 Å². The number of carbonyl (C=O) groups is 1. The minimum atomic E-state index is -0.235. The van der Waals surface area contributed by atoms with E-state index < -0.39 is 0 Å². The van der Waals surface area contributed by atoms with Gasteiger partial charge in [-0.3, -0.25) is 4.79 Å². The Morgan fingerprint density at radius 1 is 1.19 bits per heavy atom. The van der Waals surface area contributed by atoms with E-state index in [0.29, 0.717) is 23.6 Å². The van der Waals surface area contributed by atoms with Crippen molar-refractivity contribution >= 4 is 17.5 Å². The van der Waals surface area contributed by atoms with Crippen molar-refractivity contribution in [1.29, 1.82) is 0 Å². The van der Waals surface area contributed by atoms with E-state index in [1.54, 1.807) is 24.3 Å². The SMILES string of the molecule is Cc1cc(O)c(O)cc1CCNC(=O)c1ccccc1Cl. The number of rotatable bonds is 4. The monoisotopic (exact) mass is 305 g/mol. The predicted octanol–water partition coefficient (Wildman–Crippen LogP) is 3.03. The second-order valence-corrected chi connectivity index (χ2v) is 5.16. The van der Waals surface area contributed by atoms with Gasteiger partial charge in [0.1, 0.15) is 0 Å². The highest BCUT2D eigenvalue weighted by atomic mass is 35.5. The average Bonchev–Trinajstić information content (AvgIpc) is 2.44. The number of hydrogen-bond donors (Lipinski definition) is 3. The van der Waals surface area contributed by atoms with Crippen LogP contribution in [-0.2, 0) is 6.42 Å². The summed E-state index contributed by atoms with van der Waals surface area (Å²) in [5.74, 6) is -0.536. The summed E-state index contributed by atoms with van der Waals surface area (Å²) in [5.41, 5.74) is 2.16. The van der Waals surface area contributed by atoms with Crippen LogP contribution in [0.25, 0.3) is 0 Å². The average molecular weight is 306 g/mol. The molecule has 0 fully saturated rings. The molecule has 2 aromatic carbocycles. The Hall–Kier alpha value is -2.20. The highest BCUT2D eigenvalue weighted by Gasteiger charge is 2.10. The summed E-state index contributed by atoms with van der Waals surface area (Å²) in [6, 6.07) is 9.85. The molecule has 0 aromatic heterocycles. The van der Waals surface area contributed by atoms with Crippen LogP contribution in [0, 0.1) is 6.92 Å². The Bertz CT molecular complexity index is 671. The summed E-state index contributed by atoms with van der Waals surface area (Å²) in [7, 11) is 0. The van der Waals surface area contributed by atoms with Crippen molar-refractivity contribution < 1.29 is 15.0 Å². The van der Waals surface area contributed by atoms with E-state index in [1.807, 2.05) is 6.92 Å². The largest absolute Gasteiger partial charge is 0.504 e. The summed E-state index contributed by atoms with van der Waals surface area (Å²) in [6.07, 6.45) is 0.551. The molecule has 110 valence electrons. The fourth-order valence-corrected chi connectivity index (χ4v) is 2.27. The molecule has 0 aliphatic rings. The molecule has 0 spiro atoms. The number of hydrogen-bond acceptors (Lipinski definition) is 3. The molecule has 0 heterocycles. The van der Waals surface area contributed by atoms with Crippen LogP contribution in [-0.4, -0.2) is 22.7 Å². The molecule has 1 amide bonds. The van der Waals surface area contributed by atoms with Crippen molar-refractivity contribution in [3.63, 3.8) is 0 Å². The second kappa shape index (κ2) is 6.50. The number of benzene rings is 2. The number of phenolic OH excluding ortho intramolecular Hbond substituents is 2. The van der Waals surface area contributed by atoms with Crippen LogP contribution >= 0.6 is 11.6 Å². The fourth-order valence-electron chi connectivity index (χ4n) is 2.05. The maximum Gasteiger partial charge on any atom is 0.252 e. The van der Waals surface area contributed by atoms with E-state index >= 15 is 0 Å². The third-order valence-corrected chi connectivity index (χ3v) is 3.56. The van der Waals surface area contributed by atoms with Gasteiger partial charge in [-0.25, -0.2) is 0 Å². The number of nitrogens with one attached hydrogen (secondary N) is 1. The maximum atomic E-state index is 12.0. The zero-order valence-corrected chi connectivity index (χ0v) is 12.3. The standard InChI is InChI=1S/C16H16ClNO3/c1-10-8-14(19)15(20)9-11(10)6-7-18-16(21)12-4-2-3-5-13(12)17/h2-5,8-9,19-20H,6-7H2,1H3,(H,18,21). The van der Waals surface area contributed by atoms with Crippen LogP contribution < -0.4 is 5.32 Å². The van der Waals surface area contributed by atoms with Gasteiger partial charge in [0.25, 0.3) is 5.91 Å².